The topological polar surface area (TPSA) is 115 Å². The lowest BCUT2D eigenvalue weighted by Crippen LogP contribution is -2.50. The molecular formula is C23H36N4O5Si. The molecule has 9 nitrogen and oxygen atoms in total. The number of fused-ring (bicyclic) bond motifs is 1. The Bertz CT molecular complexity index is 1000. The average molecular weight is 477 g/mol. The summed E-state index contributed by atoms with van der Waals surface area (Å²) in [6.07, 6.45) is 4.19. The number of carbonyl (C=O) groups excluding carboxylic acids is 1. The van der Waals surface area contributed by atoms with Crippen LogP contribution >= 0.6 is 0 Å². The molecule has 1 fully saturated rings. The van der Waals surface area contributed by atoms with E-state index in [2.05, 4.69) is 35.3 Å². The zero-order valence-corrected chi connectivity index (χ0v) is 21.4. The van der Waals surface area contributed by atoms with Gasteiger partial charge < -0.3 is 29.8 Å². The van der Waals surface area contributed by atoms with Crippen molar-refractivity contribution in [3.05, 3.63) is 24.0 Å². The maximum atomic E-state index is 12.0. The van der Waals surface area contributed by atoms with Crippen LogP contribution in [0.4, 0.5) is 10.5 Å². The van der Waals surface area contributed by atoms with Crippen molar-refractivity contribution in [1.82, 2.24) is 14.9 Å². The van der Waals surface area contributed by atoms with Crippen LogP contribution in [-0.4, -0.2) is 59.1 Å². The summed E-state index contributed by atoms with van der Waals surface area (Å²) >= 11 is 0. The van der Waals surface area contributed by atoms with Crippen LogP contribution < -0.4 is 10.6 Å². The second-order valence-corrected chi connectivity index (χ2v) is 16.5. The molecule has 1 amide bonds. The van der Waals surface area contributed by atoms with Gasteiger partial charge in [0.25, 0.3) is 0 Å². The highest BCUT2D eigenvalue weighted by Crippen LogP contribution is 2.32. The lowest BCUT2D eigenvalue weighted by Gasteiger charge is -2.37. The molecule has 10 heteroatoms. The fourth-order valence-electron chi connectivity index (χ4n) is 3.63. The van der Waals surface area contributed by atoms with Crippen LogP contribution in [0.15, 0.2) is 18.5 Å². The van der Waals surface area contributed by atoms with Crippen LogP contribution in [0.2, 0.25) is 25.7 Å². The van der Waals surface area contributed by atoms with Gasteiger partial charge in [-0.1, -0.05) is 19.6 Å². The van der Waals surface area contributed by atoms with Gasteiger partial charge in [-0.25, -0.2) is 14.6 Å². The highest BCUT2D eigenvalue weighted by molar-refractivity contribution is 6.76. The van der Waals surface area contributed by atoms with Crippen molar-refractivity contribution in [3.63, 3.8) is 0 Å². The number of hydrogen-bond donors (Lipinski definition) is 3. The summed E-state index contributed by atoms with van der Waals surface area (Å²) < 4.78 is 13.0. The van der Waals surface area contributed by atoms with Crippen LogP contribution in [0, 0.1) is 0 Å². The number of aromatic carboxylic acids is 1. The molecule has 1 aliphatic carbocycles. The molecule has 0 unspecified atom stereocenters. The molecule has 0 saturated heterocycles. The van der Waals surface area contributed by atoms with E-state index in [0.29, 0.717) is 37.5 Å². The Morgan fingerprint density at radius 2 is 1.94 bits per heavy atom. The Balaban J connectivity index is 1.65. The van der Waals surface area contributed by atoms with Crippen LogP contribution in [0.25, 0.3) is 11.0 Å². The van der Waals surface area contributed by atoms with Crippen molar-refractivity contribution >= 4 is 36.9 Å². The third-order valence-corrected chi connectivity index (χ3v) is 7.16. The van der Waals surface area contributed by atoms with E-state index in [-0.39, 0.29) is 17.6 Å². The molecule has 0 aliphatic heterocycles. The van der Waals surface area contributed by atoms with Gasteiger partial charge in [-0.15, -0.1) is 0 Å². The number of ether oxygens (including phenoxy) is 2. The summed E-state index contributed by atoms with van der Waals surface area (Å²) in [6.45, 7) is 13.5. The van der Waals surface area contributed by atoms with Gasteiger partial charge in [0.15, 0.2) is 0 Å². The number of aromatic nitrogens is 2. The standard InChI is InChI=1S/C23H36N4O5Si/c1-23(2,3)32-22(30)26-16-11-15(12-16)25-19-17-7-8-27(14-31-9-10-33(4,5)6)20(17)24-13-18(19)21(28)29/h7-8,13,15-16H,9-12,14H2,1-6H3,(H,24,25)(H,26,30)(H,28,29)/t15-,16+. The molecule has 33 heavy (non-hydrogen) atoms. The molecule has 0 atom stereocenters. The predicted octanol–water partition coefficient (Wildman–Crippen LogP) is 4.51. The Labute approximate surface area is 195 Å². The number of nitrogens with zero attached hydrogens (tertiary/aromatic N) is 2. The number of alkyl carbamates (subject to hydrolysis) is 1. The van der Waals surface area contributed by atoms with Crippen LogP contribution in [0.5, 0.6) is 0 Å². The fraction of sp³-hybridized carbons (Fsp3) is 0.609. The van der Waals surface area contributed by atoms with E-state index in [1.807, 2.05) is 37.6 Å². The van der Waals surface area contributed by atoms with Crippen LogP contribution in [0.1, 0.15) is 44.0 Å². The Kier molecular flexibility index (Phi) is 7.38. The normalized spacial score (nSPS) is 18.6. The fourth-order valence-corrected chi connectivity index (χ4v) is 4.39. The number of amides is 1. The van der Waals surface area contributed by atoms with Crippen LogP contribution in [0.3, 0.4) is 0 Å². The van der Waals surface area contributed by atoms with Gasteiger partial charge >= 0.3 is 12.1 Å². The molecular weight excluding hydrogens is 440 g/mol. The Morgan fingerprint density at radius 1 is 1.24 bits per heavy atom. The van der Waals surface area contributed by atoms with E-state index in [4.69, 9.17) is 9.47 Å². The summed E-state index contributed by atoms with van der Waals surface area (Å²) in [5.41, 5.74) is 0.812. The third-order valence-electron chi connectivity index (χ3n) is 5.45. The average Bonchev–Trinajstić information content (AvgIpc) is 3.04. The van der Waals surface area contributed by atoms with Gasteiger partial charge in [-0.3, -0.25) is 0 Å². The second kappa shape index (κ2) is 9.72. The maximum absolute atomic E-state index is 12.0. The second-order valence-electron chi connectivity index (χ2n) is 10.9. The molecule has 3 rings (SSSR count). The van der Waals surface area contributed by atoms with Crippen molar-refractivity contribution in [1.29, 1.82) is 0 Å². The molecule has 1 aliphatic rings. The number of carbonyl (C=O) groups is 2. The molecule has 1 saturated carbocycles. The van der Waals surface area contributed by atoms with Crippen molar-refractivity contribution in [2.24, 2.45) is 0 Å². The Morgan fingerprint density at radius 3 is 2.55 bits per heavy atom. The lowest BCUT2D eigenvalue weighted by molar-refractivity contribution is 0.0475. The largest absolute Gasteiger partial charge is 0.478 e. The van der Waals surface area contributed by atoms with E-state index in [1.54, 1.807) is 0 Å². The number of carboxylic acid groups (broad SMARTS) is 1. The van der Waals surface area contributed by atoms with Crippen LogP contribution in [-0.2, 0) is 16.2 Å². The van der Waals surface area contributed by atoms with Gasteiger partial charge in [-0.2, -0.15) is 0 Å². The van der Waals surface area contributed by atoms with E-state index in [1.165, 1.54) is 6.20 Å². The van der Waals surface area contributed by atoms with E-state index >= 15 is 0 Å². The molecule has 2 aromatic heterocycles. The number of carboxylic acids is 1. The highest BCUT2D eigenvalue weighted by Gasteiger charge is 2.33. The first-order valence-corrected chi connectivity index (χ1v) is 15.1. The predicted molar refractivity (Wildman–Crippen MR) is 131 cm³/mol. The molecule has 2 aromatic rings. The van der Waals surface area contributed by atoms with E-state index in [0.717, 1.165) is 11.4 Å². The Hall–Kier alpha value is -2.59. The van der Waals surface area contributed by atoms with Gasteiger partial charge in [0.05, 0.1) is 5.69 Å². The van der Waals surface area contributed by atoms with Crippen molar-refractivity contribution < 1.29 is 24.2 Å². The number of pyridine rings is 1. The smallest absolute Gasteiger partial charge is 0.407 e. The minimum Gasteiger partial charge on any atom is -0.478 e. The van der Waals surface area contributed by atoms with Gasteiger partial charge in [-0.05, 0) is 45.7 Å². The third kappa shape index (κ3) is 6.94. The minimum atomic E-state index is -1.17. The number of anilines is 1. The molecule has 0 spiro atoms. The quantitative estimate of drug-likeness (QED) is 0.360. The van der Waals surface area contributed by atoms with Crippen molar-refractivity contribution in [2.75, 3.05) is 11.9 Å². The number of rotatable bonds is 9. The summed E-state index contributed by atoms with van der Waals surface area (Å²) in [5, 5.41) is 16.6. The molecule has 3 N–H and O–H groups in total. The maximum Gasteiger partial charge on any atom is 0.407 e. The molecule has 2 heterocycles. The lowest BCUT2D eigenvalue weighted by atomic mass is 9.86. The van der Waals surface area contributed by atoms with E-state index in [9.17, 15) is 14.7 Å². The van der Waals surface area contributed by atoms with Gasteiger partial charge in [0.2, 0.25) is 0 Å². The van der Waals surface area contributed by atoms with Crippen molar-refractivity contribution in [2.45, 2.75) is 83.7 Å². The SMILES string of the molecule is CC(C)(C)OC(=O)N[C@H]1C[C@@H](Nc2c(C(=O)O)cnc3c2ccn3COCC[Si](C)(C)C)C1. The first-order chi connectivity index (χ1) is 15.3. The van der Waals surface area contributed by atoms with Crippen molar-refractivity contribution in [3.8, 4) is 0 Å². The zero-order chi connectivity index (χ0) is 24.4. The molecule has 0 aromatic carbocycles. The van der Waals surface area contributed by atoms with Gasteiger partial charge in [0.1, 0.15) is 23.5 Å². The monoisotopic (exact) mass is 476 g/mol. The highest BCUT2D eigenvalue weighted by atomic mass is 28.3. The summed E-state index contributed by atoms with van der Waals surface area (Å²) in [7, 11) is -1.17. The summed E-state index contributed by atoms with van der Waals surface area (Å²) in [5.74, 6) is -1.03. The number of hydrogen-bond acceptors (Lipinski definition) is 6. The van der Waals surface area contributed by atoms with Gasteiger partial charge in [0, 0.05) is 44.5 Å². The first-order valence-electron chi connectivity index (χ1n) is 11.4. The molecule has 0 bridgehead atoms. The summed E-state index contributed by atoms with van der Waals surface area (Å²) in [4.78, 5) is 28.2. The van der Waals surface area contributed by atoms with E-state index < -0.39 is 25.7 Å². The number of nitrogens with one attached hydrogen (secondary N) is 2. The zero-order valence-electron chi connectivity index (χ0n) is 20.4. The molecule has 0 radical (unpaired) electrons. The summed E-state index contributed by atoms with van der Waals surface area (Å²) in [6, 6.07) is 2.99. The molecule has 182 valence electrons. The first kappa shape index (κ1) is 25.0. The minimum absolute atomic E-state index is 0.00711.